The molecule has 1 aliphatic carbocycles. The summed E-state index contributed by atoms with van der Waals surface area (Å²) in [6.45, 7) is 2.23. The Balaban J connectivity index is 1.98. The molecule has 2 rings (SSSR count). The van der Waals surface area contributed by atoms with Gasteiger partial charge in [-0.3, -0.25) is 4.79 Å². The largest absolute Gasteiger partial charge is 0.398 e. The molecule has 1 aromatic rings. The van der Waals surface area contributed by atoms with Crippen LogP contribution < -0.4 is 11.1 Å². The van der Waals surface area contributed by atoms with E-state index in [0.29, 0.717) is 17.3 Å². The first kappa shape index (κ1) is 14.4. The Morgan fingerprint density at radius 3 is 2.95 bits per heavy atom. The highest BCUT2D eigenvalue weighted by molar-refractivity contribution is 9.10. The molecule has 0 spiro atoms. The maximum absolute atomic E-state index is 12.2. The molecule has 0 bridgehead atoms. The number of carbonyl (C=O) groups excluding carboxylic acids is 1. The van der Waals surface area contributed by atoms with Gasteiger partial charge in [0, 0.05) is 21.8 Å². The first-order valence-corrected chi connectivity index (χ1v) is 7.75. The van der Waals surface area contributed by atoms with Crippen LogP contribution in [0.25, 0.3) is 0 Å². The molecule has 0 aliphatic heterocycles. The lowest BCUT2D eigenvalue weighted by Gasteiger charge is -2.29. The number of anilines is 1. The van der Waals surface area contributed by atoms with Crippen LogP contribution in [0.5, 0.6) is 0 Å². The van der Waals surface area contributed by atoms with Crippen molar-refractivity contribution >= 4 is 27.5 Å². The van der Waals surface area contributed by atoms with Gasteiger partial charge in [-0.2, -0.15) is 0 Å². The number of hydrogen-bond acceptors (Lipinski definition) is 2. The van der Waals surface area contributed by atoms with Gasteiger partial charge in [-0.15, -0.1) is 0 Å². The van der Waals surface area contributed by atoms with Gasteiger partial charge >= 0.3 is 0 Å². The van der Waals surface area contributed by atoms with Crippen LogP contribution in [0.1, 0.15) is 49.4 Å². The standard InChI is InChI=1S/C15H21BrN2O/c1-2-10-4-3-5-12(8-10)18-15(19)11-6-7-14(17)13(16)9-11/h6-7,9-10,12H,2-5,8,17H2,1H3,(H,18,19). The van der Waals surface area contributed by atoms with E-state index in [2.05, 4.69) is 28.2 Å². The van der Waals surface area contributed by atoms with Crippen molar-refractivity contribution < 1.29 is 4.79 Å². The lowest BCUT2D eigenvalue weighted by molar-refractivity contribution is 0.0919. The topological polar surface area (TPSA) is 55.1 Å². The number of nitrogen functional groups attached to an aromatic ring is 1. The summed E-state index contributed by atoms with van der Waals surface area (Å²) in [6.07, 6.45) is 5.93. The van der Waals surface area contributed by atoms with Crippen LogP contribution in [0, 0.1) is 5.92 Å². The van der Waals surface area contributed by atoms with Crippen molar-refractivity contribution in [1.82, 2.24) is 5.32 Å². The minimum atomic E-state index is 0.00227. The Bertz CT molecular complexity index is 461. The molecule has 0 radical (unpaired) electrons. The van der Waals surface area contributed by atoms with Gasteiger partial charge in [0.2, 0.25) is 0 Å². The Labute approximate surface area is 123 Å². The third-order valence-electron chi connectivity index (χ3n) is 3.96. The van der Waals surface area contributed by atoms with Crippen molar-refractivity contribution in [2.75, 3.05) is 5.73 Å². The molecule has 0 saturated heterocycles. The number of nitrogens with two attached hydrogens (primary N) is 1. The minimum absolute atomic E-state index is 0.00227. The number of hydrogen-bond donors (Lipinski definition) is 2. The smallest absolute Gasteiger partial charge is 0.251 e. The van der Waals surface area contributed by atoms with Gasteiger partial charge in [0.15, 0.2) is 0 Å². The summed E-state index contributed by atoms with van der Waals surface area (Å²) >= 11 is 3.36. The van der Waals surface area contributed by atoms with Crippen LogP contribution in [0.4, 0.5) is 5.69 Å². The van der Waals surface area contributed by atoms with E-state index in [1.807, 2.05) is 0 Å². The number of rotatable bonds is 3. The molecule has 0 heterocycles. The Hall–Kier alpha value is -1.03. The first-order valence-electron chi connectivity index (χ1n) is 6.96. The second-order valence-electron chi connectivity index (χ2n) is 5.35. The lowest BCUT2D eigenvalue weighted by atomic mass is 9.84. The van der Waals surface area contributed by atoms with Gasteiger partial charge < -0.3 is 11.1 Å². The van der Waals surface area contributed by atoms with E-state index in [1.165, 1.54) is 19.3 Å². The van der Waals surface area contributed by atoms with E-state index in [1.54, 1.807) is 18.2 Å². The zero-order valence-electron chi connectivity index (χ0n) is 11.3. The van der Waals surface area contributed by atoms with Crippen LogP contribution in [0.15, 0.2) is 22.7 Å². The molecule has 4 heteroatoms. The van der Waals surface area contributed by atoms with Crippen LogP contribution in [-0.4, -0.2) is 11.9 Å². The molecule has 1 aliphatic rings. The summed E-state index contributed by atoms with van der Waals surface area (Å²) in [6, 6.07) is 5.64. The molecular formula is C15H21BrN2O. The molecule has 1 aromatic carbocycles. The molecule has 1 amide bonds. The van der Waals surface area contributed by atoms with Gasteiger partial charge in [0.25, 0.3) is 5.91 Å². The maximum Gasteiger partial charge on any atom is 0.251 e. The summed E-state index contributed by atoms with van der Waals surface area (Å²) in [7, 11) is 0. The number of halogens is 1. The fourth-order valence-electron chi connectivity index (χ4n) is 2.73. The van der Waals surface area contributed by atoms with E-state index < -0.39 is 0 Å². The van der Waals surface area contributed by atoms with Gasteiger partial charge in [-0.25, -0.2) is 0 Å². The van der Waals surface area contributed by atoms with Crippen molar-refractivity contribution in [2.45, 2.75) is 45.1 Å². The summed E-state index contributed by atoms with van der Waals surface area (Å²) in [5, 5.41) is 3.15. The molecule has 2 atom stereocenters. The molecule has 3 N–H and O–H groups in total. The highest BCUT2D eigenvalue weighted by atomic mass is 79.9. The fourth-order valence-corrected chi connectivity index (χ4v) is 3.11. The highest BCUT2D eigenvalue weighted by Crippen LogP contribution is 2.27. The molecule has 1 fully saturated rings. The first-order chi connectivity index (χ1) is 9.10. The number of nitrogens with one attached hydrogen (secondary N) is 1. The quantitative estimate of drug-likeness (QED) is 0.832. The fraction of sp³-hybridized carbons (Fsp3) is 0.533. The molecule has 104 valence electrons. The minimum Gasteiger partial charge on any atom is -0.398 e. The van der Waals surface area contributed by atoms with Crippen LogP contribution in [0.3, 0.4) is 0 Å². The molecule has 19 heavy (non-hydrogen) atoms. The summed E-state index contributed by atoms with van der Waals surface area (Å²) in [5.41, 5.74) is 7.05. The van der Waals surface area contributed by atoms with Crippen molar-refractivity contribution in [3.05, 3.63) is 28.2 Å². The Morgan fingerprint density at radius 1 is 1.47 bits per heavy atom. The predicted molar refractivity (Wildman–Crippen MR) is 82.1 cm³/mol. The number of benzene rings is 1. The summed E-state index contributed by atoms with van der Waals surface area (Å²) in [4.78, 5) is 12.2. The van der Waals surface area contributed by atoms with Gasteiger partial charge in [0.05, 0.1) is 0 Å². The monoisotopic (exact) mass is 324 g/mol. The van der Waals surface area contributed by atoms with Gasteiger partial charge in [-0.1, -0.05) is 26.2 Å². The predicted octanol–water partition coefficient (Wildman–Crippen LogP) is 3.73. The highest BCUT2D eigenvalue weighted by Gasteiger charge is 2.22. The molecular weight excluding hydrogens is 304 g/mol. The van der Waals surface area contributed by atoms with Crippen molar-refractivity contribution in [3.63, 3.8) is 0 Å². The average molecular weight is 325 g/mol. The van der Waals surface area contributed by atoms with Crippen LogP contribution in [0.2, 0.25) is 0 Å². The zero-order chi connectivity index (χ0) is 13.8. The maximum atomic E-state index is 12.2. The van der Waals surface area contributed by atoms with E-state index >= 15 is 0 Å². The van der Waals surface area contributed by atoms with E-state index in [-0.39, 0.29) is 5.91 Å². The normalized spacial score (nSPS) is 23.1. The Morgan fingerprint density at radius 2 is 2.26 bits per heavy atom. The van der Waals surface area contributed by atoms with E-state index in [0.717, 1.165) is 23.2 Å². The van der Waals surface area contributed by atoms with Crippen LogP contribution in [-0.2, 0) is 0 Å². The molecule has 1 saturated carbocycles. The van der Waals surface area contributed by atoms with E-state index in [9.17, 15) is 4.79 Å². The third-order valence-corrected chi connectivity index (χ3v) is 4.64. The second kappa shape index (κ2) is 6.42. The summed E-state index contributed by atoms with van der Waals surface area (Å²) in [5.74, 6) is 0.764. The van der Waals surface area contributed by atoms with Crippen molar-refractivity contribution in [3.8, 4) is 0 Å². The third kappa shape index (κ3) is 3.72. The molecule has 3 nitrogen and oxygen atoms in total. The average Bonchev–Trinajstić information content (AvgIpc) is 2.42. The van der Waals surface area contributed by atoms with Gasteiger partial charge in [0.1, 0.15) is 0 Å². The number of carbonyl (C=O) groups is 1. The molecule has 0 aromatic heterocycles. The summed E-state index contributed by atoms with van der Waals surface area (Å²) < 4.78 is 0.773. The second-order valence-corrected chi connectivity index (χ2v) is 6.20. The van der Waals surface area contributed by atoms with Gasteiger partial charge in [-0.05, 0) is 52.9 Å². The molecule has 2 unspecified atom stereocenters. The van der Waals surface area contributed by atoms with Crippen LogP contribution >= 0.6 is 15.9 Å². The van der Waals surface area contributed by atoms with Crippen molar-refractivity contribution in [2.24, 2.45) is 5.92 Å². The van der Waals surface area contributed by atoms with Crippen molar-refractivity contribution in [1.29, 1.82) is 0 Å². The Kier molecular flexibility index (Phi) is 4.86. The van der Waals surface area contributed by atoms with E-state index in [4.69, 9.17) is 5.73 Å². The lowest BCUT2D eigenvalue weighted by Crippen LogP contribution is -2.38. The number of amides is 1. The zero-order valence-corrected chi connectivity index (χ0v) is 12.9. The SMILES string of the molecule is CCC1CCCC(NC(=O)c2ccc(N)c(Br)c2)C1.